The van der Waals surface area contributed by atoms with Crippen LogP contribution in [0.2, 0.25) is 5.02 Å². The van der Waals surface area contributed by atoms with Gasteiger partial charge >= 0.3 is 0 Å². The molecule has 0 saturated carbocycles. The van der Waals surface area contributed by atoms with Gasteiger partial charge in [0.25, 0.3) is 0 Å². The Morgan fingerprint density at radius 3 is 2.79 bits per heavy atom. The summed E-state index contributed by atoms with van der Waals surface area (Å²) in [6.45, 7) is 0.126. The normalized spacial score (nSPS) is 11.7. The molecule has 1 aromatic heterocycles. The summed E-state index contributed by atoms with van der Waals surface area (Å²) in [7, 11) is -2.00. The lowest BCUT2D eigenvalue weighted by molar-refractivity contribution is 0.582. The first kappa shape index (κ1) is 13.9. The molecule has 0 spiro atoms. The van der Waals surface area contributed by atoms with Gasteiger partial charge in [-0.15, -0.1) is 0 Å². The molecule has 0 aliphatic carbocycles. The van der Waals surface area contributed by atoms with Crippen LogP contribution in [-0.2, 0) is 23.6 Å². The van der Waals surface area contributed by atoms with E-state index in [1.54, 1.807) is 30.2 Å². The maximum atomic E-state index is 12.2. The molecule has 6 nitrogen and oxygen atoms in total. The Morgan fingerprint density at radius 1 is 1.47 bits per heavy atom. The molecule has 1 aromatic carbocycles. The van der Waals surface area contributed by atoms with E-state index in [4.69, 9.17) is 17.3 Å². The van der Waals surface area contributed by atoms with Crippen LogP contribution in [0.5, 0.6) is 0 Å². The predicted octanol–water partition coefficient (Wildman–Crippen LogP) is 1.13. The van der Waals surface area contributed by atoms with Gasteiger partial charge in [0, 0.05) is 25.4 Å². The van der Waals surface area contributed by atoms with Crippen LogP contribution in [0, 0.1) is 0 Å². The van der Waals surface area contributed by atoms with Gasteiger partial charge in [-0.3, -0.25) is 4.68 Å². The van der Waals surface area contributed by atoms with Crippen molar-refractivity contribution < 1.29 is 8.42 Å². The van der Waals surface area contributed by atoms with Gasteiger partial charge in [-0.2, -0.15) is 5.10 Å². The van der Waals surface area contributed by atoms with Gasteiger partial charge in [-0.25, -0.2) is 13.1 Å². The molecular weight excluding hydrogens is 288 g/mol. The molecule has 0 saturated heterocycles. The minimum Gasteiger partial charge on any atom is -0.398 e. The number of hydrogen-bond acceptors (Lipinski definition) is 4. The topological polar surface area (TPSA) is 90.0 Å². The average molecular weight is 301 g/mol. The van der Waals surface area contributed by atoms with E-state index in [2.05, 4.69) is 9.82 Å². The van der Waals surface area contributed by atoms with Crippen molar-refractivity contribution in [2.75, 3.05) is 5.73 Å². The first-order chi connectivity index (χ1) is 8.90. The van der Waals surface area contributed by atoms with Crippen LogP contribution >= 0.6 is 11.6 Å². The molecule has 3 N–H and O–H groups in total. The maximum absolute atomic E-state index is 12.2. The number of nitrogens with one attached hydrogen (secondary N) is 1. The maximum Gasteiger partial charge on any atom is 0.244 e. The Hall–Kier alpha value is -1.57. The number of nitrogen functional groups attached to an aromatic ring is 1. The van der Waals surface area contributed by atoms with Crippen molar-refractivity contribution >= 4 is 27.3 Å². The van der Waals surface area contributed by atoms with Crippen molar-refractivity contribution in [2.45, 2.75) is 11.4 Å². The second kappa shape index (κ2) is 5.20. The van der Waals surface area contributed by atoms with Crippen molar-refractivity contribution in [3.63, 3.8) is 0 Å². The fraction of sp³-hybridized carbons (Fsp3) is 0.182. The number of nitrogens with two attached hydrogens (primary N) is 1. The highest BCUT2D eigenvalue weighted by Crippen LogP contribution is 2.26. The number of sulfonamides is 1. The minimum atomic E-state index is -3.75. The smallest absolute Gasteiger partial charge is 0.244 e. The second-order valence-electron chi connectivity index (χ2n) is 4.00. The lowest BCUT2D eigenvalue weighted by Gasteiger charge is -2.09. The molecule has 8 heteroatoms. The van der Waals surface area contributed by atoms with E-state index in [1.807, 2.05) is 0 Å². The summed E-state index contributed by atoms with van der Waals surface area (Å²) in [5, 5.41) is 4.05. The Morgan fingerprint density at radius 2 is 2.21 bits per heavy atom. The third-order valence-electron chi connectivity index (χ3n) is 2.49. The number of aromatic nitrogens is 2. The van der Waals surface area contributed by atoms with E-state index in [9.17, 15) is 8.42 Å². The molecule has 0 aliphatic heterocycles. The van der Waals surface area contributed by atoms with E-state index in [-0.39, 0.29) is 22.2 Å². The van der Waals surface area contributed by atoms with Crippen LogP contribution in [0.4, 0.5) is 5.69 Å². The molecule has 0 amide bonds. The van der Waals surface area contributed by atoms with Gasteiger partial charge in [0.15, 0.2) is 0 Å². The SMILES string of the molecule is Cn1cc(CNS(=O)(=O)c2c(N)cccc2Cl)cn1. The highest BCUT2D eigenvalue weighted by molar-refractivity contribution is 7.89. The summed E-state index contributed by atoms with van der Waals surface area (Å²) in [6.07, 6.45) is 3.30. The number of nitrogens with zero attached hydrogens (tertiary/aromatic N) is 2. The van der Waals surface area contributed by atoms with Gasteiger partial charge in [0.1, 0.15) is 4.90 Å². The lowest BCUT2D eigenvalue weighted by Crippen LogP contribution is -2.24. The first-order valence-electron chi connectivity index (χ1n) is 5.41. The number of rotatable bonds is 4. The summed E-state index contributed by atoms with van der Waals surface area (Å²) >= 11 is 5.88. The number of benzene rings is 1. The Bertz CT molecular complexity index is 676. The monoisotopic (exact) mass is 300 g/mol. The quantitative estimate of drug-likeness (QED) is 0.828. The second-order valence-corrected chi connectivity index (χ2v) is 6.12. The van der Waals surface area contributed by atoms with Crippen molar-refractivity contribution in [1.29, 1.82) is 0 Å². The summed E-state index contributed by atoms with van der Waals surface area (Å²) < 4.78 is 28.3. The number of halogens is 1. The Balaban J connectivity index is 2.23. The molecule has 19 heavy (non-hydrogen) atoms. The zero-order valence-corrected chi connectivity index (χ0v) is 11.7. The van der Waals surface area contributed by atoms with Crippen LogP contribution in [0.1, 0.15) is 5.56 Å². The van der Waals surface area contributed by atoms with E-state index in [0.717, 1.165) is 5.56 Å². The van der Waals surface area contributed by atoms with Gasteiger partial charge in [0.2, 0.25) is 10.0 Å². The zero-order valence-electron chi connectivity index (χ0n) is 10.2. The molecule has 0 radical (unpaired) electrons. The molecule has 2 rings (SSSR count). The minimum absolute atomic E-state index is 0.0960. The highest BCUT2D eigenvalue weighted by Gasteiger charge is 2.20. The Labute approximate surface area is 116 Å². The molecule has 0 aliphatic rings. The van der Waals surface area contributed by atoms with E-state index in [0.29, 0.717) is 0 Å². The van der Waals surface area contributed by atoms with Crippen LogP contribution < -0.4 is 10.5 Å². The molecule has 0 atom stereocenters. The molecular formula is C11H13ClN4O2S. The van der Waals surface area contributed by atoms with Crippen LogP contribution in [0.3, 0.4) is 0 Å². The van der Waals surface area contributed by atoms with Gasteiger partial charge in [-0.05, 0) is 12.1 Å². The van der Waals surface area contributed by atoms with E-state index < -0.39 is 10.0 Å². The zero-order chi connectivity index (χ0) is 14.0. The average Bonchev–Trinajstić information content (AvgIpc) is 2.72. The first-order valence-corrected chi connectivity index (χ1v) is 7.27. The van der Waals surface area contributed by atoms with Crippen LogP contribution in [0.15, 0.2) is 35.5 Å². The summed E-state index contributed by atoms with van der Waals surface area (Å²) in [5.74, 6) is 0. The number of hydrogen-bond donors (Lipinski definition) is 2. The summed E-state index contributed by atoms with van der Waals surface area (Å²) in [4.78, 5) is -0.0967. The third-order valence-corrected chi connectivity index (χ3v) is 4.44. The Kier molecular flexibility index (Phi) is 3.79. The largest absolute Gasteiger partial charge is 0.398 e. The van der Waals surface area contributed by atoms with Crippen LogP contribution in [0.25, 0.3) is 0 Å². The molecule has 2 aromatic rings. The summed E-state index contributed by atoms with van der Waals surface area (Å²) in [6, 6.07) is 4.57. The van der Waals surface area contributed by atoms with E-state index >= 15 is 0 Å². The van der Waals surface area contributed by atoms with Gasteiger partial charge < -0.3 is 5.73 Å². The van der Waals surface area contributed by atoms with Crippen molar-refractivity contribution in [3.05, 3.63) is 41.2 Å². The fourth-order valence-electron chi connectivity index (χ4n) is 1.62. The molecule has 0 fully saturated rings. The fourth-order valence-corrected chi connectivity index (χ4v) is 3.31. The molecule has 0 unspecified atom stereocenters. The van der Waals surface area contributed by atoms with Crippen molar-refractivity contribution in [1.82, 2.24) is 14.5 Å². The predicted molar refractivity (Wildman–Crippen MR) is 73.1 cm³/mol. The van der Waals surface area contributed by atoms with E-state index in [1.165, 1.54) is 12.1 Å². The summed E-state index contributed by atoms with van der Waals surface area (Å²) in [5.41, 5.74) is 6.52. The standard InChI is InChI=1S/C11H13ClN4O2S/c1-16-7-8(5-14-16)6-15-19(17,18)11-9(12)3-2-4-10(11)13/h2-5,7,15H,6,13H2,1H3. The molecule has 102 valence electrons. The van der Waals surface area contributed by atoms with Crippen molar-refractivity contribution in [3.8, 4) is 0 Å². The number of aryl methyl sites for hydroxylation is 1. The number of anilines is 1. The highest BCUT2D eigenvalue weighted by atomic mass is 35.5. The van der Waals surface area contributed by atoms with Crippen LogP contribution in [-0.4, -0.2) is 18.2 Å². The lowest BCUT2D eigenvalue weighted by atomic mass is 10.3. The third kappa shape index (κ3) is 3.06. The van der Waals surface area contributed by atoms with Crippen molar-refractivity contribution in [2.24, 2.45) is 7.05 Å². The van der Waals surface area contributed by atoms with Gasteiger partial charge in [-0.1, -0.05) is 17.7 Å². The molecule has 0 bridgehead atoms. The van der Waals surface area contributed by atoms with Gasteiger partial charge in [0.05, 0.1) is 16.9 Å². The molecule has 1 heterocycles.